The lowest BCUT2D eigenvalue weighted by Crippen LogP contribution is -2.36. The number of aromatic amines is 1. The SMILES string of the molecule is CCN(CCNC(=O)Cc1n[nH]c(=O)c2c1CCCC2)c1cccc(C)c1. The summed E-state index contributed by atoms with van der Waals surface area (Å²) < 4.78 is 0. The van der Waals surface area contributed by atoms with Crippen LogP contribution in [0, 0.1) is 6.92 Å². The Morgan fingerprint density at radius 2 is 2.04 bits per heavy atom. The summed E-state index contributed by atoms with van der Waals surface area (Å²) in [7, 11) is 0. The first kappa shape index (κ1) is 19.1. The van der Waals surface area contributed by atoms with E-state index in [2.05, 4.69) is 58.5 Å². The van der Waals surface area contributed by atoms with Gasteiger partial charge in [0.25, 0.3) is 5.56 Å². The molecule has 3 rings (SSSR count). The number of hydrogen-bond donors (Lipinski definition) is 2. The Morgan fingerprint density at radius 3 is 2.78 bits per heavy atom. The molecule has 0 saturated heterocycles. The Bertz CT molecular complexity index is 860. The molecule has 0 fully saturated rings. The number of H-pyrrole nitrogens is 1. The van der Waals surface area contributed by atoms with Crippen molar-refractivity contribution in [3.05, 3.63) is 57.0 Å². The van der Waals surface area contributed by atoms with E-state index in [1.165, 1.54) is 11.3 Å². The van der Waals surface area contributed by atoms with Crippen LogP contribution in [0.4, 0.5) is 5.69 Å². The van der Waals surface area contributed by atoms with Crippen LogP contribution in [0.5, 0.6) is 0 Å². The first-order valence-corrected chi connectivity index (χ1v) is 9.76. The summed E-state index contributed by atoms with van der Waals surface area (Å²) in [5.74, 6) is -0.0531. The van der Waals surface area contributed by atoms with E-state index in [0.717, 1.165) is 49.9 Å². The van der Waals surface area contributed by atoms with Gasteiger partial charge in [-0.2, -0.15) is 5.10 Å². The zero-order chi connectivity index (χ0) is 19.2. The minimum absolute atomic E-state index is 0.0531. The van der Waals surface area contributed by atoms with Crippen LogP contribution in [0.1, 0.15) is 42.1 Å². The number of aromatic nitrogens is 2. The van der Waals surface area contributed by atoms with E-state index >= 15 is 0 Å². The second-order valence-corrected chi connectivity index (χ2v) is 7.11. The van der Waals surface area contributed by atoms with Crippen LogP contribution < -0.4 is 15.8 Å². The van der Waals surface area contributed by atoms with Crippen LogP contribution in [0.3, 0.4) is 0 Å². The highest BCUT2D eigenvalue weighted by molar-refractivity contribution is 5.78. The number of aryl methyl sites for hydroxylation is 1. The number of anilines is 1. The highest BCUT2D eigenvalue weighted by Gasteiger charge is 2.19. The van der Waals surface area contributed by atoms with Crippen molar-refractivity contribution in [1.29, 1.82) is 0 Å². The van der Waals surface area contributed by atoms with Gasteiger partial charge in [0.05, 0.1) is 12.1 Å². The third kappa shape index (κ3) is 4.76. The number of hydrogen-bond acceptors (Lipinski definition) is 4. The number of likely N-dealkylation sites (N-methyl/N-ethyl adjacent to an activating group) is 1. The summed E-state index contributed by atoms with van der Waals surface area (Å²) in [5, 5.41) is 9.68. The van der Waals surface area contributed by atoms with Gasteiger partial charge < -0.3 is 10.2 Å². The van der Waals surface area contributed by atoms with Gasteiger partial charge in [-0.25, -0.2) is 5.10 Å². The molecule has 0 bridgehead atoms. The fourth-order valence-electron chi connectivity index (χ4n) is 3.71. The number of nitrogens with zero attached hydrogens (tertiary/aromatic N) is 2. The van der Waals surface area contributed by atoms with E-state index in [-0.39, 0.29) is 17.9 Å². The van der Waals surface area contributed by atoms with Crippen molar-refractivity contribution < 1.29 is 4.79 Å². The lowest BCUT2D eigenvalue weighted by molar-refractivity contribution is -0.120. The van der Waals surface area contributed by atoms with E-state index in [1.807, 2.05) is 0 Å². The molecule has 1 amide bonds. The lowest BCUT2D eigenvalue weighted by atomic mass is 9.91. The molecule has 0 radical (unpaired) electrons. The molecule has 1 aliphatic rings. The van der Waals surface area contributed by atoms with Gasteiger partial charge in [-0.3, -0.25) is 9.59 Å². The van der Waals surface area contributed by atoms with Crippen molar-refractivity contribution in [3.63, 3.8) is 0 Å². The minimum Gasteiger partial charge on any atom is -0.370 e. The number of carbonyl (C=O) groups is 1. The van der Waals surface area contributed by atoms with Crippen LogP contribution in [-0.4, -0.2) is 35.7 Å². The van der Waals surface area contributed by atoms with Crippen LogP contribution in [0.25, 0.3) is 0 Å². The zero-order valence-electron chi connectivity index (χ0n) is 16.2. The summed E-state index contributed by atoms with van der Waals surface area (Å²) in [4.78, 5) is 26.5. The molecular weight excluding hydrogens is 340 g/mol. The highest BCUT2D eigenvalue weighted by atomic mass is 16.1. The van der Waals surface area contributed by atoms with E-state index in [4.69, 9.17) is 0 Å². The molecule has 1 heterocycles. The van der Waals surface area contributed by atoms with Gasteiger partial charge in [-0.05, 0) is 62.8 Å². The van der Waals surface area contributed by atoms with Crippen molar-refractivity contribution in [1.82, 2.24) is 15.5 Å². The second kappa shape index (κ2) is 8.84. The monoisotopic (exact) mass is 368 g/mol. The molecule has 1 aliphatic carbocycles. The van der Waals surface area contributed by atoms with Gasteiger partial charge >= 0.3 is 0 Å². The molecule has 2 aromatic rings. The Hall–Kier alpha value is -2.63. The third-order valence-corrected chi connectivity index (χ3v) is 5.16. The average molecular weight is 368 g/mol. The van der Waals surface area contributed by atoms with Crippen LogP contribution in [0.2, 0.25) is 0 Å². The number of nitrogens with one attached hydrogen (secondary N) is 2. The molecule has 0 unspecified atom stereocenters. The normalized spacial score (nSPS) is 13.1. The Morgan fingerprint density at radius 1 is 1.26 bits per heavy atom. The summed E-state index contributed by atoms with van der Waals surface area (Å²) in [5.41, 5.74) is 4.80. The Labute approximate surface area is 160 Å². The molecule has 0 saturated carbocycles. The molecule has 6 nitrogen and oxygen atoms in total. The van der Waals surface area contributed by atoms with Crippen molar-refractivity contribution in [2.45, 2.75) is 46.0 Å². The summed E-state index contributed by atoms with van der Waals surface area (Å²) >= 11 is 0. The predicted octanol–water partition coefficient (Wildman–Crippen LogP) is 2.14. The number of benzene rings is 1. The number of carbonyl (C=O) groups excluding carboxylic acids is 1. The predicted molar refractivity (Wildman–Crippen MR) is 107 cm³/mol. The largest absolute Gasteiger partial charge is 0.370 e. The number of fused-ring (bicyclic) bond motifs is 1. The summed E-state index contributed by atoms with van der Waals surface area (Å²) in [6.45, 7) is 6.40. The summed E-state index contributed by atoms with van der Waals surface area (Å²) in [6, 6.07) is 8.38. The Balaban J connectivity index is 1.56. The average Bonchev–Trinajstić information content (AvgIpc) is 2.68. The van der Waals surface area contributed by atoms with E-state index < -0.39 is 0 Å². The lowest BCUT2D eigenvalue weighted by Gasteiger charge is -2.23. The third-order valence-electron chi connectivity index (χ3n) is 5.16. The van der Waals surface area contributed by atoms with Crippen LogP contribution in [-0.2, 0) is 24.1 Å². The van der Waals surface area contributed by atoms with Gasteiger partial charge in [0.1, 0.15) is 0 Å². The molecule has 0 aliphatic heterocycles. The smallest absolute Gasteiger partial charge is 0.267 e. The maximum Gasteiger partial charge on any atom is 0.267 e. The van der Waals surface area contributed by atoms with Gasteiger partial charge in [0.15, 0.2) is 0 Å². The van der Waals surface area contributed by atoms with Crippen molar-refractivity contribution in [3.8, 4) is 0 Å². The standard InChI is InChI=1S/C21H28N4O2/c1-3-25(16-8-6-7-15(2)13-16)12-11-22-20(26)14-19-17-9-4-5-10-18(17)21(27)24-23-19/h6-8,13H,3-5,9-12,14H2,1-2H3,(H,22,26)(H,24,27). The molecule has 144 valence electrons. The minimum atomic E-state index is -0.106. The first-order chi connectivity index (χ1) is 13.1. The maximum absolute atomic E-state index is 12.4. The molecule has 6 heteroatoms. The molecule has 27 heavy (non-hydrogen) atoms. The number of rotatable bonds is 7. The molecule has 1 aromatic carbocycles. The van der Waals surface area contributed by atoms with E-state index in [9.17, 15) is 9.59 Å². The van der Waals surface area contributed by atoms with Crippen molar-refractivity contribution in [2.24, 2.45) is 0 Å². The second-order valence-electron chi connectivity index (χ2n) is 7.11. The molecule has 0 spiro atoms. The quantitative estimate of drug-likeness (QED) is 0.785. The molecule has 2 N–H and O–H groups in total. The highest BCUT2D eigenvalue weighted by Crippen LogP contribution is 2.20. The first-order valence-electron chi connectivity index (χ1n) is 9.76. The zero-order valence-corrected chi connectivity index (χ0v) is 16.2. The number of amides is 1. The Kier molecular flexibility index (Phi) is 6.27. The van der Waals surface area contributed by atoms with Crippen LogP contribution >= 0.6 is 0 Å². The van der Waals surface area contributed by atoms with Crippen LogP contribution in [0.15, 0.2) is 29.1 Å². The summed E-state index contributed by atoms with van der Waals surface area (Å²) in [6.07, 6.45) is 3.91. The van der Waals surface area contributed by atoms with E-state index in [0.29, 0.717) is 12.2 Å². The fourth-order valence-corrected chi connectivity index (χ4v) is 3.71. The van der Waals surface area contributed by atoms with Crippen molar-refractivity contribution in [2.75, 3.05) is 24.5 Å². The maximum atomic E-state index is 12.4. The van der Waals surface area contributed by atoms with Gasteiger partial charge in [-0.1, -0.05) is 12.1 Å². The molecule has 0 atom stereocenters. The molecular formula is C21H28N4O2. The van der Waals surface area contributed by atoms with Gasteiger partial charge in [0, 0.05) is 30.9 Å². The van der Waals surface area contributed by atoms with Gasteiger partial charge in [-0.15, -0.1) is 0 Å². The topological polar surface area (TPSA) is 78.1 Å². The van der Waals surface area contributed by atoms with Gasteiger partial charge in [0.2, 0.25) is 5.91 Å². The molecule has 1 aromatic heterocycles. The fraction of sp³-hybridized carbons (Fsp3) is 0.476. The van der Waals surface area contributed by atoms with E-state index in [1.54, 1.807) is 0 Å². The van der Waals surface area contributed by atoms with Crippen molar-refractivity contribution >= 4 is 11.6 Å².